The third kappa shape index (κ3) is 3.54. The minimum absolute atomic E-state index is 0.0838. The van der Waals surface area contributed by atoms with Gasteiger partial charge < -0.3 is 4.74 Å². The third-order valence-corrected chi connectivity index (χ3v) is 3.26. The van der Waals surface area contributed by atoms with Crippen LogP contribution in [0.3, 0.4) is 0 Å². The van der Waals surface area contributed by atoms with Gasteiger partial charge in [-0.2, -0.15) is 5.21 Å². The van der Waals surface area contributed by atoms with Crippen LogP contribution < -0.4 is 10.1 Å². The number of benzene rings is 1. The van der Waals surface area contributed by atoms with Crippen LogP contribution in [-0.4, -0.2) is 38.1 Å². The molecule has 0 spiro atoms. The van der Waals surface area contributed by atoms with Gasteiger partial charge in [-0.05, 0) is 19.1 Å². The van der Waals surface area contributed by atoms with Crippen molar-refractivity contribution in [2.24, 2.45) is 0 Å². The largest absolute Gasteiger partial charge is 0.494 e. The number of nitrogens with one attached hydrogen (secondary N) is 2. The number of rotatable bonds is 5. The summed E-state index contributed by atoms with van der Waals surface area (Å²) in [6.45, 7) is 4.38. The molecule has 0 aliphatic carbocycles. The quantitative estimate of drug-likeness (QED) is 0.745. The molecule has 3 aromatic rings. The van der Waals surface area contributed by atoms with Crippen molar-refractivity contribution < 1.29 is 9.53 Å². The molecular formula is C16H16N6O2. The number of carbonyl (C=O) groups is 1. The average molecular weight is 324 g/mol. The second-order valence-corrected chi connectivity index (χ2v) is 5.06. The second kappa shape index (κ2) is 6.86. The van der Waals surface area contributed by atoms with Crippen LogP contribution in [0.4, 0.5) is 5.95 Å². The van der Waals surface area contributed by atoms with Crippen LogP contribution in [-0.2, 0) is 0 Å². The number of aryl methyl sites for hydroxylation is 1. The van der Waals surface area contributed by atoms with Crippen LogP contribution in [0.15, 0.2) is 36.4 Å². The molecule has 2 heterocycles. The molecule has 0 bridgehead atoms. The number of carbonyl (C=O) groups excluding carboxylic acids is 1. The Hall–Kier alpha value is -3.29. The van der Waals surface area contributed by atoms with Gasteiger partial charge in [0.2, 0.25) is 0 Å². The standard InChI is InChI=1S/C16H16N6O2/c1-3-24-12-8-13(11-6-4-10(2)5-7-11)17-14(9-12)15(23)18-16-19-21-22-20-16/h4-9H,3H2,1-2H3,(H2,18,19,20,21,22,23). The van der Waals surface area contributed by atoms with E-state index in [1.807, 2.05) is 38.1 Å². The molecule has 122 valence electrons. The Kier molecular flexibility index (Phi) is 4.46. The van der Waals surface area contributed by atoms with Crippen LogP contribution in [0.5, 0.6) is 5.75 Å². The Morgan fingerprint density at radius 2 is 2.04 bits per heavy atom. The maximum atomic E-state index is 12.4. The monoisotopic (exact) mass is 324 g/mol. The van der Waals surface area contributed by atoms with Crippen molar-refractivity contribution in [2.75, 3.05) is 11.9 Å². The lowest BCUT2D eigenvalue weighted by molar-refractivity contribution is 0.102. The first-order valence-corrected chi connectivity index (χ1v) is 7.42. The molecule has 2 N–H and O–H groups in total. The number of amides is 1. The van der Waals surface area contributed by atoms with Crippen molar-refractivity contribution in [1.82, 2.24) is 25.6 Å². The van der Waals surface area contributed by atoms with E-state index in [9.17, 15) is 4.79 Å². The predicted octanol–water partition coefficient (Wildman–Crippen LogP) is 2.22. The third-order valence-electron chi connectivity index (χ3n) is 3.26. The maximum Gasteiger partial charge on any atom is 0.276 e. The topological polar surface area (TPSA) is 106 Å². The molecule has 0 unspecified atom stereocenters. The highest BCUT2D eigenvalue weighted by Crippen LogP contribution is 2.24. The van der Waals surface area contributed by atoms with E-state index in [4.69, 9.17) is 4.74 Å². The molecule has 0 atom stereocenters. The summed E-state index contributed by atoms with van der Waals surface area (Å²) >= 11 is 0. The summed E-state index contributed by atoms with van der Waals surface area (Å²) in [5.41, 5.74) is 2.91. The van der Waals surface area contributed by atoms with E-state index in [0.29, 0.717) is 18.1 Å². The lowest BCUT2D eigenvalue weighted by atomic mass is 10.1. The molecule has 8 nitrogen and oxygen atoms in total. The van der Waals surface area contributed by atoms with Gasteiger partial charge in [0.25, 0.3) is 11.9 Å². The molecule has 0 radical (unpaired) electrons. The molecule has 0 aliphatic heterocycles. The zero-order chi connectivity index (χ0) is 16.9. The zero-order valence-corrected chi connectivity index (χ0v) is 13.3. The molecule has 0 fully saturated rings. The van der Waals surface area contributed by atoms with Gasteiger partial charge in [0.1, 0.15) is 11.4 Å². The number of nitrogens with zero attached hydrogens (tertiary/aromatic N) is 4. The van der Waals surface area contributed by atoms with Crippen LogP contribution in [0.2, 0.25) is 0 Å². The number of hydrogen-bond donors (Lipinski definition) is 2. The molecular weight excluding hydrogens is 308 g/mol. The molecule has 0 aliphatic rings. The molecule has 1 aromatic carbocycles. The number of hydrogen-bond acceptors (Lipinski definition) is 6. The lowest BCUT2D eigenvalue weighted by Gasteiger charge is -2.09. The number of H-pyrrole nitrogens is 1. The number of anilines is 1. The van der Waals surface area contributed by atoms with Crippen LogP contribution in [0.25, 0.3) is 11.3 Å². The van der Waals surface area contributed by atoms with Crippen molar-refractivity contribution >= 4 is 11.9 Å². The number of ether oxygens (including phenoxy) is 1. The molecule has 24 heavy (non-hydrogen) atoms. The molecule has 0 saturated carbocycles. The first kappa shape index (κ1) is 15.6. The number of pyridine rings is 1. The van der Waals surface area contributed by atoms with E-state index in [2.05, 4.69) is 30.9 Å². The number of aromatic nitrogens is 5. The first-order chi connectivity index (χ1) is 11.7. The summed E-state index contributed by atoms with van der Waals surface area (Å²) < 4.78 is 5.55. The van der Waals surface area contributed by atoms with Crippen LogP contribution >= 0.6 is 0 Å². The molecule has 2 aromatic heterocycles. The van der Waals surface area contributed by atoms with Gasteiger partial charge in [0.15, 0.2) is 0 Å². The Labute approximate surface area is 138 Å². The molecule has 8 heteroatoms. The van der Waals surface area contributed by atoms with Crippen molar-refractivity contribution in [3.05, 3.63) is 47.7 Å². The lowest BCUT2D eigenvalue weighted by Crippen LogP contribution is -2.15. The smallest absolute Gasteiger partial charge is 0.276 e. The summed E-state index contributed by atoms with van der Waals surface area (Å²) in [6, 6.07) is 11.3. The van der Waals surface area contributed by atoms with E-state index < -0.39 is 5.91 Å². The molecule has 1 amide bonds. The van der Waals surface area contributed by atoms with E-state index in [0.717, 1.165) is 11.1 Å². The van der Waals surface area contributed by atoms with Crippen molar-refractivity contribution in [1.29, 1.82) is 0 Å². The normalized spacial score (nSPS) is 10.4. The predicted molar refractivity (Wildman–Crippen MR) is 87.7 cm³/mol. The fraction of sp³-hybridized carbons (Fsp3) is 0.188. The van der Waals surface area contributed by atoms with Crippen molar-refractivity contribution in [2.45, 2.75) is 13.8 Å². The highest BCUT2D eigenvalue weighted by atomic mass is 16.5. The Bertz CT molecular complexity index is 830. The van der Waals surface area contributed by atoms with E-state index in [1.54, 1.807) is 12.1 Å². The van der Waals surface area contributed by atoms with Gasteiger partial charge in [-0.3, -0.25) is 10.1 Å². The van der Waals surface area contributed by atoms with Crippen LogP contribution in [0, 0.1) is 6.92 Å². The number of tetrazole rings is 1. The molecule has 0 saturated heterocycles. The van der Waals surface area contributed by atoms with E-state index in [-0.39, 0.29) is 11.6 Å². The zero-order valence-electron chi connectivity index (χ0n) is 13.3. The summed E-state index contributed by atoms with van der Waals surface area (Å²) in [4.78, 5) is 16.8. The Morgan fingerprint density at radius 1 is 1.25 bits per heavy atom. The van der Waals surface area contributed by atoms with Crippen molar-refractivity contribution in [3.8, 4) is 17.0 Å². The van der Waals surface area contributed by atoms with Gasteiger partial charge in [-0.15, -0.1) is 5.10 Å². The minimum Gasteiger partial charge on any atom is -0.494 e. The van der Waals surface area contributed by atoms with Crippen molar-refractivity contribution in [3.63, 3.8) is 0 Å². The summed E-state index contributed by atoms with van der Waals surface area (Å²) in [6.07, 6.45) is 0. The average Bonchev–Trinajstić information content (AvgIpc) is 3.08. The maximum absolute atomic E-state index is 12.4. The molecule has 3 rings (SSSR count). The Morgan fingerprint density at radius 3 is 2.71 bits per heavy atom. The summed E-state index contributed by atoms with van der Waals surface area (Å²) in [5, 5.41) is 15.6. The van der Waals surface area contributed by atoms with Gasteiger partial charge in [-0.1, -0.05) is 34.9 Å². The van der Waals surface area contributed by atoms with Gasteiger partial charge >= 0.3 is 0 Å². The highest BCUT2D eigenvalue weighted by molar-refractivity contribution is 6.02. The second-order valence-electron chi connectivity index (χ2n) is 5.06. The first-order valence-electron chi connectivity index (χ1n) is 7.42. The van der Waals surface area contributed by atoms with Gasteiger partial charge in [-0.25, -0.2) is 4.98 Å². The summed E-state index contributed by atoms with van der Waals surface area (Å²) in [5.74, 6) is 0.216. The SMILES string of the molecule is CCOc1cc(C(=O)Nc2nn[nH]n2)nc(-c2ccc(C)cc2)c1. The van der Waals surface area contributed by atoms with Crippen LogP contribution in [0.1, 0.15) is 23.0 Å². The Balaban J connectivity index is 1.96. The summed E-state index contributed by atoms with van der Waals surface area (Å²) in [7, 11) is 0. The van der Waals surface area contributed by atoms with E-state index >= 15 is 0 Å². The fourth-order valence-corrected chi connectivity index (χ4v) is 2.12. The fourth-order valence-electron chi connectivity index (χ4n) is 2.12. The minimum atomic E-state index is -0.439. The number of aromatic amines is 1. The van der Waals surface area contributed by atoms with Gasteiger partial charge in [0.05, 0.1) is 12.3 Å². The highest BCUT2D eigenvalue weighted by Gasteiger charge is 2.14. The van der Waals surface area contributed by atoms with Gasteiger partial charge in [0, 0.05) is 17.7 Å². The van der Waals surface area contributed by atoms with E-state index in [1.165, 1.54) is 0 Å².